The highest BCUT2D eigenvalue weighted by Gasteiger charge is 2.35. The van der Waals surface area contributed by atoms with Crippen LogP contribution in [0.15, 0.2) is 36.4 Å². The van der Waals surface area contributed by atoms with E-state index in [-0.39, 0.29) is 30.1 Å². The maximum Gasteiger partial charge on any atom is 0.345 e. The second kappa shape index (κ2) is 13.7. The highest BCUT2D eigenvalue weighted by atomic mass is 35.5. The second-order valence-corrected chi connectivity index (χ2v) is 11.8. The van der Waals surface area contributed by atoms with Crippen LogP contribution in [-0.2, 0) is 16.0 Å². The number of benzene rings is 2. The van der Waals surface area contributed by atoms with Gasteiger partial charge in [-0.1, -0.05) is 43.2 Å². The van der Waals surface area contributed by atoms with E-state index in [9.17, 15) is 29.8 Å². The van der Waals surface area contributed by atoms with Gasteiger partial charge in [-0.05, 0) is 69.0 Å². The largest absolute Gasteiger partial charge is 0.456 e. The fraction of sp³-hybridized carbons (Fsp3) is 0.414. The van der Waals surface area contributed by atoms with Gasteiger partial charge >= 0.3 is 12.0 Å². The molecule has 0 aromatic heterocycles. The van der Waals surface area contributed by atoms with Crippen LogP contribution < -0.4 is 10.6 Å². The number of rotatable bonds is 8. The first-order chi connectivity index (χ1) is 19.7. The Hall–Kier alpha value is -4.08. The summed E-state index contributed by atoms with van der Waals surface area (Å²) >= 11 is 11.5. The molecule has 1 saturated heterocycles. The van der Waals surface area contributed by atoms with Gasteiger partial charge in [0.2, 0.25) is 5.91 Å². The van der Waals surface area contributed by atoms with Crippen LogP contribution in [0.3, 0.4) is 0 Å². The minimum atomic E-state index is -0.849. The summed E-state index contributed by atoms with van der Waals surface area (Å²) in [4.78, 5) is 52.2. The van der Waals surface area contributed by atoms with Crippen molar-refractivity contribution in [2.24, 2.45) is 5.92 Å². The van der Waals surface area contributed by atoms with Crippen LogP contribution in [0.4, 0.5) is 10.5 Å². The lowest BCUT2D eigenvalue weighted by Crippen LogP contribution is -2.48. The van der Waals surface area contributed by atoms with Gasteiger partial charge in [-0.2, -0.15) is 5.26 Å². The zero-order chi connectivity index (χ0) is 31.2. The van der Waals surface area contributed by atoms with Crippen molar-refractivity contribution in [2.75, 3.05) is 13.1 Å². The Morgan fingerprint density at radius 3 is 2.64 bits per heavy atom. The topological polar surface area (TPSA) is 155 Å². The third kappa shape index (κ3) is 8.24. The first kappa shape index (κ1) is 32.4. The van der Waals surface area contributed by atoms with Crippen LogP contribution in [-0.4, -0.2) is 51.4 Å². The Bertz CT molecular complexity index is 1450. The van der Waals surface area contributed by atoms with Crippen molar-refractivity contribution in [3.05, 3.63) is 73.8 Å². The molecule has 2 aromatic carbocycles. The van der Waals surface area contributed by atoms with Gasteiger partial charge in [0, 0.05) is 17.6 Å². The van der Waals surface area contributed by atoms with Gasteiger partial charge in [0.15, 0.2) is 0 Å². The minimum Gasteiger partial charge on any atom is -0.456 e. The second-order valence-electron chi connectivity index (χ2n) is 10.9. The van der Waals surface area contributed by atoms with Gasteiger partial charge in [-0.25, -0.2) is 9.59 Å². The number of carbonyl (C=O) groups excluding carboxylic acids is 3. The summed E-state index contributed by atoms with van der Waals surface area (Å²) in [6, 6.07) is 9.51. The Morgan fingerprint density at radius 1 is 1.31 bits per heavy atom. The Morgan fingerprint density at radius 2 is 2.02 bits per heavy atom. The maximum absolute atomic E-state index is 13.6. The lowest BCUT2D eigenvalue weighted by atomic mass is 9.95. The van der Waals surface area contributed by atoms with Gasteiger partial charge in [-0.15, -0.1) is 0 Å². The number of urea groups is 1. The molecule has 1 heterocycles. The highest BCUT2D eigenvalue weighted by molar-refractivity contribution is 7.80. The first-order valence-electron chi connectivity index (χ1n) is 13.3. The molecule has 0 saturated carbocycles. The number of hydrogen-bond donors (Lipinski definition) is 2. The standard InChI is InChI=1S/C29H32ClN5O6S/c1-5-6-23(17-8-10-22(24(13-17)35(39)40)27(37)41-29(2,3)4)33-28(38)34-16-25(42)32-15-20(26(34)36)11-19-12-21(30)9-7-18(19)14-31/h7-10,12-13,20,23H,5-6,11,15-16H2,1-4H3,(H,32,42)(H,33,38)/t20-,23+/m0/s1. The van der Waals surface area contributed by atoms with Crippen molar-refractivity contribution < 1.29 is 24.0 Å². The molecule has 11 nitrogen and oxygen atoms in total. The molecule has 222 valence electrons. The molecule has 2 atom stereocenters. The minimum absolute atomic E-state index is 0.151. The van der Waals surface area contributed by atoms with E-state index in [0.717, 1.165) is 4.90 Å². The number of amides is 3. The number of nitro groups is 1. The van der Waals surface area contributed by atoms with Crippen LogP contribution in [0.5, 0.6) is 0 Å². The van der Waals surface area contributed by atoms with E-state index in [0.29, 0.717) is 34.6 Å². The van der Waals surface area contributed by atoms with Crippen LogP contribution >= 0.6 is 23.8 Å². The van der Waals surface area contributed by atoms with Crippen molar-refractivity contribution in [1.29, 1.82) is 5.26 Å². The number of nitro benzene ring substituents is 1. The molecule has 1 aliphatic heterocycles. The first-order valence-corrected chi connectivity index (χ1v) is 14.1. The smallest absolute Gasteiger partial charge is 0.345 e. The molecule has 2 aromatic rings. The molecule has 1 fully saturated rings. The SMILES string of the molecule is CCC[C@@H](NC(=O)N1CC(=S)NC[C@H](Cc2cc(Cl)ccc2C#N)C1=O)c1ccc(C(=O)OC(C)(C)C)c([N+](=O)[O-])c1. The van der Waals surface area contributed by atoms with Crippen LogP contribution in [0, 0.1) is 27.4 Å². The van der Waals surface area contributed by atoms with Crippen LogP contribution in [0.1, 0.15) is 73.6 Å². The molecule has 0 unspecified atom stereocenters. The zero-order valence-electron chi connectivity index (χ0n) is 23.7. The Balaban J connectivity index is 1.88. The number of thiocarbonyl (C=S) groups is 1. The average Bonchev–Trinajstić information content (AvgIpc) is 3.05. The summed E-state index contributed by atoms with van der Waals surface area (Å²) in [6.07, 6.45) is 1.16. The van der Waals surface area contributed by atoms with Gasteiger partial charge in [-0.3, -0.25) is 19.8 Å². The van der Waals surface area contributed by atoms with Crippen molar-refractivity contribution in [3.8, 4) is 6.07 Å². The molecular formula is C29H32ClN5O6S. The van der Waals surface area contributed by atoms with Gasteiger partial charge in [0.05, 0.1) is 40.0 Å². The quantitative estimate of drug-likeness (QED) is 0.176. The molecule has 0 spiro atoms. The predicted octanol–water partition coefficient (Wildman–Crippen LogP) is 5.24. The number of esters is 1. The van der Waals surface area contributed by atoms with Crippen molar-refractivity contribution >= 4 is 52.4 Å². The zero-order valence-corrected chi connectivity index (χ0v) is 25.3. The number of carbonyl (C=O) groups is 3. The highest BCUT2D eigenvalue weighted by Crippen LogP contribution is 2.29. The number of ether oxygens (including phenoxy) is 1. The number of nitrogens with one attached hydrogen (secondary N) is 2. The predicted molar refractivity (Wildman–Crippen MR) is 160 cm³/mol. The molecular weight excluding hydrogens is 582 g/mol. The summed E-state index contributed by atoms with van der Waals surface area (Å²) in [5, 5.41) is 27.6. The monoisotopic (exact) mass is 613 g/mol. The van der Waals surface area contributed by atoms with Crippen LogP contribution in [0.2, 0.25) is 5.02 Å². The van der Waals surface area contributed by atoms with E-state index < -0.39 is 46.1 Å². The van der Waals surface area contributed by atoms with Crippen molar-refractivity contribution in [1.82, 2.24) is 15.5 Å². The van der Waals surface area contributed by atoms with Crippen LogP contribution in [0.25, 0.3) is 0 Å². The molecule has 3 rings (SSSR count). The summed E-state index contributed by atoms with van der Waals surface area (Å²) in [6.45, 7) is 6.86. The molecule has 1 aliphatic rings. The number of nitrogens with zero attached hydrogens (tertiary/aromatic N) is 3. The van der Waals surface area contributed by atoms with E-state index >= 15 is 0 Å². The summed E-state index contributed by atoms with van der Waals surface area (Å²) < 4.78 is 5.31. The van der Waals surface area contributed by atoms with Gasteiger partial charge in [0.1, 0.15) is 11.2 Å². The molecule has 0 aliphatic carbocycles. The number of hydrogen-bond acceptors (Lipinski definition) is 8. The normalized spacial score (nSPS) is 16.1. The summed E-state index contributed by atoms with van der Waals surface area (Å²) in [5.41, 5.74) is -0.184. The number of imide groups is 1. The Kier molecular flexibility index (Phi) is 10.6. The van der Waals surface area contributed by atoms with E-state index in [1.165, 1.54) is 18.2 Å². The van der Waals surface area contributed by atoms with Gasteiger partial charge in [0.25, 0.3) is 5.69 Å². The lowest BCUT2D eigenvalue weighted by molar-refractivity contribution is -0.385. The average molecular weight is 614 g/mol. The molecule has 2 N–H and O–H groups in total. The maximum atomic E-state index is 13.6. The number of nitriles is 1. The number of halogens is 1. The Labute approximate surface area is 254 Å². The fourth-order valence-electron chi connectivity index (χ4n) is 4.52. The molecule has 0 bridgehead atoms. The van der Waals surface area contributed by atoms with E-state index in [1.54, 1.807) is 39.0 Å². The van der Waals surface area contributed by atoms with E-state index in [1.807, 2.05) is 6.92 Å². The van der Waals surface area contributed by atoms with Crippen molar-refractivity contribution in [2.45, 2.75) is 58.6 Å². The van der Waals surface area contributed by atoms with Gasteiger partial charge < -0.3 is 15.4 Å². The molecule has 42 heavy (non-hydrogen) atoms. The lowest BCUT2D eigenvalue weighted by Gasteiger charge is -2.26. The summed E-state index contributed by atoms with van der Waals surface area (Å²) in [7, 11) is 0. The third-order valence-corrected chi connectivity index (χ3v) is 6.99. The third-order valence-electron chi connectivity index (χ3n) is 6.48. The fourth-order valence-corrected chi connectivity index (χ4v) is 4.93. The van der Waals surface area contributed by atoms with E-state index in [2.05, 4.69) is 16.7 Å². The molecule has 0 radical (unpaired) electrons. The summed E-state index contributed by atoms with van der Waals surface area (Å²) in [5.74, 6) is -2.05. The molecule has 13 heteroatoms. The molecule has 3 amide bonds. The van der Waals surface area contributed by atoms with Crippen molar-refractivity contribution in [3.63, 3.8) is 0 Å². The van der Waals surface area contributed by atoms with E-state index in [4.69, 9.17) is 28.6 Å².